The average molecular weight is 311 g/mol. The van der Waals surface area contributed by atoms with Gasteiger partial charge in [-0.3, -0.25) is 0 Å². The number of halogens is 1. The molecule has 1 heterocycles. The van der Waals surface area contributed by atoms with Crippen LogP contribution in [0.2, 0.25) is 0 Å². The summed E-state index contributed by atoms with van der Waals surface area (Å²) in [5, 5.41) is 9.35. The number of alkyl halides is 1. The Balaban J connectivity index is 2.30. The van der Waals surface area contributed by atoms with Gasteiger partial charge in [0.1, 0.15) is 5.84 Å². The Hall–Kier alpha value is -1.79. The fourth-order valence-electron chi connectivity index (χ4n) is 2.24. The topological polar surface area (TPSA) is 82.2 Å². The van der Waals surface area contributed by atoms with Crippen molar-refractivity contribution in [2.45, 2.75) is 0 Å². The number of hydrogen-bond donors (Lipinski definition) is 2. The highest BCUT2D eigenvalue weighted by Gasteiger charge is 2.17. The van der Waals surface area contributed by atoms with Crippen LogP contribution in [0.15, 0.2) is 23.2 Å². The molecule has 1 saturated heterocycles. The van der Waals surface area contributed by atoms with Crippen LogP contribution in [-0.4, -0.2) is 60.9 Å². The highest BCUT2D eigenvalue weighted by molar-refractivity contribution is 6.28. The molecule has 0 aliphatic carbocycles. The van der Waals surface area contributed by atoms with Gasteiger partial charge in [-0.1, -0.05) is 0 Å². The van der Waals surface area contributed by atoms with Crippen LogP contribution in [0.5, 0.6) is 0 Å². The zero-order valence-corrected chi connectivity index (χ0v) is 12.7. The number of rotatable bonds is 4. The number of hydrogen-bond acceptors (Lipinski definition) is 4. The summed E-state index contributed by atoms with van der Waals surface area (Å²) in [5.41, 5.74) is 6.94. The van der Waals surface area contributed by atoms with Crippen LogP contribution in [0, 0.1) is 0 Å². The van der Waals surface area contributed by atoms with Gasteiger partial charge in [0.15, 0.2) is 0 Å². The first kappa shape index (κ1) is 15.6. The van der Waals surface area contributed by atoms with Crippen LogP contribution in [0.3, 0.4) is 0 Å². The molecule has 7 heteroatoms. The lowest BCUT2D eigenvalue weighted by atomic mass is 10.1. The largest absolute Gasteiger partial charge is 0.478 e. The predicted octanol–water partition coefficient (Wildman–Crippen LogP) is 1.36. The Morgan fingerprint density at radius 1 is 1.38 bits per heavy atom. The Labute approximate surface area is 128 Å². The van der Waals surface area contributed by atoms with E-state index in [1.54, 1.807) is 12.1 Å². The van der Waals surface area contributed by atoms with Gasteiger partial charge in [-0.2, -0.15) is 0 Å². The number of aromatic carboxylic acids is 1. The maximum atomic E-state index is 11.4. The van der Waals surface area contributed by atoms with Crippen molar-refractivity contribution in [3.05, 3.63) is 23.8 Å². The fraction of sp³-hybridized carbons (Fsp3) is 0.429. The third kappa shape index (κ3) is 3.86. The van der Waals surface area contributed by atoms with Gasteiger partial charge >= 0.3 is 5.97 Å². The van der Waals surface area contributed by atoms with Crippen LogP contribution in [-0.2, 0) is 0 Å². The number of nitrogens with zero attached hydrogens (tertiary/aromatic N) is 3. The third-order valence-corrected chi connectivity index (χ3v) is 3.75. The molecule has 2 rings (SSSR count). The summed E-state index contributed by atoms with van der Waals surface area (Å²) in [5.74, 6) is -0.752. The SMILES string of the molecule is CN1CCN(c2ccc(N=C(N)CCl)c(C(=O)O)c2)CC1. The van der Waals surface area contributed by atoms with E-state index in [0.717, 1.165) is 31.9 Å². The molecule has 0 amide bonds. The molecule has 1 aliphatic heterocycles. The molecular formula is C14H19ClN4O2. The quantitative estimate of drug-likeness (QED) is 0.498. The number of carbonyl (C=O) groups is 1. The summed E-state index contributed by atoms with van der Waals surface area (Å²) in [6.07, 6.45) is 0. The van der Waals surface area contributed by atoms with Gasteiger partial charge in [-0.25, -0.2) is 9.79 Å². The first-order chi connectivity index (χ1) is 10.0. The molecule has 0 radical (unpaired) electrons. The zero-order valence-electron chi connectivity index (χ0n) is 11.9. The number of benzene rings is 1. The average Bonchev–Trinajstić information content (AvgIpc) is 2.48. The minimum Gasteiger partial charge on any atom is -0.478 e. The van der Waals surface area contributed by atoms with Gasteiger partial charge in [0, 0.05) is 31.9 Å². The smallest absolute Gasteiger partial charge is 0.337 e. The van der Waals surface area contributed by atoms with Crippen molar-refractivity contribution in [2.75, 3.05) is 44.0 Å². The molecule has 21 heavy (non-hydrogen) atoms. The van der Waals surface area contributed by atoms with Crippen LogP contribution in [0.4, 0.5) is 11.4 Å². The fourth-order valence-corrected chi connectivity index (χ4v) is 2.30. The van der Waals surface area contributed by atoms with E-state index in [9.17, 15) is 9.90 Å². The molecule has 0 bridgehead atoms. The maximum absolute atomic E-state index is 11.4. The number of aliphatic imine (C=N–C) groups is 1. The minimum atomic E-state index is -1.02. The monoisotopic (exact) mass is 310 g/mol. The van der Waals surface area contributed by atoms with Crippen LogP contribution in [0.25, 0.3) is 0 Å². The van der Waals surface area contributed by atoms with E-state index in [2.05, 4.69) is 21.8 Å². The Kier molecular flexibility index (Phi) is 5.03. The maximum Gasteiger partial charge on any atom is 0.337 e. The molecule has 1 aromatic carbocycles. The highest BCUT2D eigenvalue weighted by Crippen LogP contribution is 2.26. The Morgan fingerprint density at radius 2 is 2.05 bits per heavy atom. The molecule has 6 nitrogen and oxygen atoms in total. The number of piperazine rings is 1. The first-order valence-electron chi connectivity index (χ1n) is 6.71. The van der Waals surface area contributed by atoms with Gasteiger partial charge < -0.3 is 20.6 Å². The Morgan fingerprint density at radius 3 is 2.62 bits per heavy atom. The normalized spacial score (nSPS) is 17.0. The number of carboxylic acid groups (broad SMARTS) is 1. The number of likely N-dealkylation sites (N-methyl/N-ethyl adjacent to an activating group) is 1. The molecule has 1 aromatic rings. The number of anilines is 1. The van der Waals surface area contributed by atoms with E-state index in [1.165, 1.54) is 0 Å². The van der Waals surface area contributed by atoms with Gasteiger partial charge in [-0.15, -0.1) is 11.6 Å². The minimum absolute atomic E-state index is 0.0687. The van der Waals surface area contributed by atoms with Crippen molar-refractivity contribution in [1.82, 2.24) is 4.90 Å². The van der Waals surface area contributed by atoms with E-state index in [4.69, 9.17) is 17.3 Å². The second kappa shape index (κ2) is 6.78. The van der Waals surface area contributed by atoms with Gasteiger partial charge in [0.05, 0.1) is 17.1 Å². The number of nitrogens with two attached hydrogens (primary N) is 1. The second-order valence-corrected chi connectivity index (χ2v) is 5.30. The lowest BCUT2D eigenvalue weighted by molar-refractivity contribution is 0.0698. The second-order valence-electron chi connectivity index (χ2n) is 5.03. The van der Waals surface area contributed by atoms with Gasteiger partial charge in [-0.05, 0) is 25.2 Å². The summed E-state index contributed by atoms with van der Waals surface area (Å²) < 4.78 is 0. The summed E-state index contributed by atoms with van der Waals surface area (Å²) in [4.78, 5) is 19.9. The van der Waals surface area contributed by atoms with E-state index >= 15 is 0 Å². The molecule has 0 atom stereocenters. The van der Waals surface area contributed by atoms with Crippen molar-refractivity contribution >= 4 is 34.8 Å². The summed E-state index contributed by atoms with van der Waals surface area (Å²) in [6, 6.07) is 5.20. The molecule has 1 fully saturated rings. The van der Waals surface area contributed by atoms with E-state index in [1.807, 2.05) is 6.07 Å². The van der Waals surface area contributed by atoms with Crippen molar-refractivity contribution < 1.29 is 9.90 Å². The van der Waals surface area contributed by atoms with Crippen molar-refractivity contribution in [2.24, 2.45) is 10.7 Å². The molecule has 114 valence electrons. The lowest BCUT2D eigenvalue weighted by Crippen LogP contribution is -2.44. The number of amidine groups is 1. The molecular weight excluding hydrogens is 292 g/mol. The number of carboxylic acids is 1. The summed E-state index contributed by atoms with van der Waals surface area (Å²) in [6.45, 7) is 3.67. The Bertz CT molecular complexity index is 554. The van der Waals surface area contributed by atoms with E-state index in [-0.39, 0.29) is 17.3 Å². The van der Waals surface area contributed by atoms with Crippen LogP contribution in [0.1, 0.15) is 10.4 Å². The molecule has 0 spiro atoms. The zero-order chi connectivity index (χ0) is 15.4. The molecule has 0 aromatic heterocycles. The van der Waals surface area contributed by atoms with Crippen molar-refractivity contribution in [3.63, 3.8) is 0 Å². The van der Waals surface area contributed by atoms with Gasteiger partial charge in [0.25, 0.3) is 0 Å². The molecule has 3 N–H and O–H groups in total. The predicted molar refractivity (Wildman–Crippen MR) is 85.1 cm³/mol. The van der Waals surface area contributed by atoms with E-state index < -0.39 is 5.97 Å². The molecule has 0 unspecified atom stereocenters. The van der Waals surface area contributed by atoms with Crippen LogP contribution < -0.4 is 10.6 Å². The first-order valence-corrected chi connectivity index (χ1v) is 7.24. The van der Waals surface area contributed by atoms with E-state index in [0.29, 0.717) is 5.69 Å². The van der Waals surface area contributed by atoms with Crippen molar-refractivity contribution in [3.8, 4) is 0 Å². The molecule has 0 saturated carbocycles. The highest BCUT2D eigenvalue weighted by atomic mass is 35.5. The lowest BCUT2D eigenvalue weighted by Gasteiger charge is -2.34. The third-order valence-electron chi connectivity index (χ3n) is 3.48. The van der Waals surface area contributed by atoms with Gasteiger partial charge in [0.2, 0.25) is 0 Å². The van der Waals surface area contributed by atoms with Crippen LogP contribution >= 0.6 is 11.6 Å². The standard InChI is InChI=1S/C14H19ClN4O2/c1-18-4-6-19(7-5-18)10-2-3-12(17-13(16)9-15)11(8-10)14(20)21/h2-3,8H,4-7,9H2,1H3,(H2,16,17)(H,20,21). The summed E-state index contributed by atoms with van der Waals surface area (Å²) >= 11 is 5.58. The molecule has 1 aliphatic rings. The summed E-state index contributed by atoms with van der Waals surface area (Å²) in [7, 11) is 2.08. The van der Waals surface area contributed by atoms with Crippen molar-refractivity contribution in [1.29, 1.82) is 0 Å².